The van der Waals surface area contributed by atoms with Crippen LogP contribution in [-0.2, 0) is 20.2 Å². The lowest BCUT2D eigenvalue weighted by molar-refractivity contribution is -0.386. The van der Waals surface area contributed by atoms with Crippen molar-refractivity contribution >= 4 is 37.4 Å². The van der Waals surface area contributed by atoms with Crippen LogP contribution in [0.25, 0.3) is 11.1 Å². The summed E-state index contributed by atoms with van der Waals surface area (Å²) in [6, 6.07) is 1.68. The van der Waals surface area contributed by atoms with E-state index in [1.54, 1.807) is 0 Å². The highest BCUT2D eigenvalue weighted by Gasteiger charge is 2.40. The highest BCUT2D eigenvalue weighted by Crippen LogP contribution is 2.48. The highest BCUT2D eigenvalue weighted by atomic mass is 32.2. The van der Waals surface area contributed by atoms with E-state index < -0.39 is 79.3 Å². The number of fused-ring (bicyclic) bond motifs is 3. The van der Waals surface area contributed by atoms with Crippen LogP contribution in [-0.4, -0.2) is 41.6 Å². The summed E-state index contributed by atoms with van der Waals surface area (Å²) in [7, 11) is -10.5. The van der Waals surface area contributed by atoms with Crippen LogP contribution < -0.4 is 0 Å². The van der Waals surface area contributed by atoms with Gasteiger partial charge in [0.2, 0.25) is 0 Å². The summed E-state index contributed by atoms with van der Waals surface area (Å²) in [6.07, 6.45) is 0. The molecule has 1 aliphatic carbocycles. The molecule has 15 heteroatoms. The SMILES string of the molecule is O=C1c2cc(S(=O)(=O)[O-])cc([N+](=O)[O-])c2-c2c1cc(S(=O)(=O)[O-])cc2[N+](=O)[O-]. The summed E-state index contributed by atoms with van der Waals surface area (Å²) < 4.78 is 67.4. The molecule has 28 heavy (non-hydrogen) atoms. The minimum atomic E-state index is -5.24. The maximum absolute atomic E-state index is 12.6. The van der Waals surface area contributed by atoms with Crippen LogP contribution >= 0.6 is 0 Å². The summed E-state index contributed by atoms with van der Waals surface area (Å²) in [4.78, 5) is 30.7. The van der Waals surface area contributed by atoms with E-state index in [1.165, 1.54) is 0 Å². The van der Waals surface area contributed by atoms with Gasteiger partial charge in [-0.3, -0.25) is 25.0 Å². The van der Waals surface area contributed by atoms with Crippen LogP contribution in [0.3, 0.4) is 0 Å². The Kier molecular flexibility index (Phi) is 4.08. The molecule has 2 aromatic rings. The van der Waals surface area contributed by atoms with Crippen LogP contribution in [0.4, 0.5) is 11.4 Å². The third-order valence-electron chi connectivity index (χ3n) is 3.89. The fourth-order valence-corrected chi connectivity index (χ4v) is 3.84. The lowest BCUT2D eigenvalue weighted by Crippen LogP contribution is -2.04. The topological polar surface area (TPSA) is 218 Å². The molecular weight excluding hydrogens is 424 g/mol. The lowest BCUT2D eigenvalue weighted by Gasteiger charge is -2.10. The van der Waals surface area contributed by atoms with E-state index in [2.05, 4.69) is 0 Å². The number of rotatable bonds is 4. The van der Waals surface area contributed by atoms with Gasteiger partial charge < -0.3 is 9.11 Å². The molecule has 0 spiro atoms. The van der Waals surface area contributed by atoms with Crippen molar-refractivity contribution in [1.29, 1.82) is 0 Å². The van der Waals surface area contributed by atoms with Gasteiger partial charge in [-0.05, 0) is 12.1 Å². The second kappa shape index (κ2) is 5.86. The quantitative estimate of drug-likeness (QED) is 0.317. The van der Waals surface area contributed by atoms with E-state index in [1.807, 2.05) is 0 Å². The molecule has 1 aliphatic rings. The van der Waals surface area contributed by atoms with Crippen LogP contribution in [0.15, 0.2) is 34.1 Å². The molecule has 13 nitrogen and oxygen atoms in total. The van der Waals surface area contributed by atoms with Crippen molar-refractivity contribution in [3.8, 4) is 11.1 Å². The van der Waals surface area contributed by atoms with Crippen molar-refractivity contribution in [2.24, 2.45) is 0 Å². The summed E-state index contributed by atoms with van der Waals surface area (Å²) in [5.41, 5.74) is -4.91. The maximum Gasteiger partial charge on any atom is 0.279 e. The van der Waals surface area contributed by atoms with Crippen LogP contribution in [0.5, 0.6) is 0 Å². The van der Waals surface area contributed by atoms with E-state index >= 15 is 0 Å². The van der Waals surface area contributed by atoms with Crippen molar-refractivity contribution in [3.05, 3.63) is 55.6 Å². The first-order valence-corrected chi connectivity index (χ1v) is 9.67. The zero-order valence-corrected chi connectivity index (χ0v) is 14.6. The molecule has 146 valence electrons. The van der Waals surface area contributed by atoms with E-state index in [9.17, 15) is 51.0 Å². The Morgan fingerprint density at radius 1 is 0.679 bits per heavy atom. The van der Waals surface area contributed by atoms with Gasteiger partial charge in [-0.2, -0.15) is 0 Å². The minimum Gasteiger partial charge on any atom is -0.744 e. The molecule has 0 aromatic heterocycles. The molecule has 0 bridgehead atoms. The second-order valence-corrected chi connectivity index (χ2v) is 8.24. The van der Waals surface area contributed by atoms with Gasteiger partial charge in [-0.1, -0.05) is 0 Å². The molecule has 0 unspecified atom stereocenters. The first kappa shape index (κ1) is 19.5. The Bertz CT molecular complexity index is 1230. The van der Waals surface area contributed by atoms with Gasteiger partial charge in [-0.15, -0.1) is 0 Å². The largest absolute Gasteiger partial charge is 0.744 e. The summed E-state index contributed by atoms with van der Waals surface area (Å²) >= 11 is 0. The average Bonchev–Trinajstić information content (AvgIpc) is 2.84. The summed E-state index contributed by atoms with van der Waals surface area (Å²) in [6.45, 7) is 0. The molecule has 0 aliphatic heterocycles. The van der Waals surface area contributed by atoms with Crippen molar-refractivity contribution < 1.29 is 40.6 Å². The first-order valence-electron chi connectivity index (χ1n) is 6.85. The number of nitro benzene ring substituents is 2. The van der Waals surface area contributed by atoms with Crippen molar-refractivity contribution in [3.63, 3.8) is 0 Å². The van der Waals surface area contributed by atoms with E-state index in [0.29, 0.717) is 24.3 Å². The fraction of sp³-hybridized carbons (Fsp3) is 0. The normalized spacial score (nSPS) is 13.1. The Hall–Kier alpha value is -3.27. The number of benzene rings is 2. The molecule has 3 rings (SSSR count). The third kappa shape index (κ3) is 2.91. The Morgan fingerprint density at radius 2 is 1.00 bits per heavy atom. The van der Waals surface area contributed by atoms with Crippen LogP contribution in [0, 0.1) is 20.2 Å². The van der Waals surface area contributed by atoms with E-state index in [0.717, 1.165) is 0 Å². The van der Waals surface area contributed by atoms with Gasteiger partial charge in [0.05, 0.1) is 30.8 Å². The van der Waals surface area contributed by atoms with Gasteiger partial charge in [-0.25, -0.2) is 16.8 Å². The summed E-state index contributed by atoms with van der Waals surface area (Å²) in [5.74, 6) is -1.22. The van der Waals surface area contributed by atoms with E-state index in [-0.39, 0.29) is 0 Å². The maximum atomic E-state index is 12.6. The first-order chi connectivity index (χ1) is 12.7. The Labute approximate surface area is 155 Å². The molecule has 0 saturated carbocycles. The smallest absolute Gasteiger partial charge is 0.279 e. The minimum absolute atomic E-state index is 0.339. The average molecular weight is 428 g/mol. The number of hydrogen-bond acceptors (Lipinski definition) is 11. The lowest BCUT2D eigenvalue weighted by atomic mass is 10.0. The number of hydrogen-bond donors (Lipinski definition) is 0. The number of nitro groups is 2. The molecule has 0 N–H and O–H groups in total. The van der Waals surface area contributed by atoms with E-state index in [4.69, 9.17) is 0 Å². The van der Waals surface area contributed by atoms with Gasteiger partial charge in [0, 0.05) is 23.3 Å². The predicted octanol–water partition coefficient (Wildman–Crippen LogP) is 0.523. The van der Waals surface area contributed by atoms with Crippen molar-refractivity contribution in [2.75, 3.05) is 0 Å². The Balaban J connectivity index is 2.53. The van der Waals surface area contributed by atoms with Crippen molar-refractivity contribution in [1.82, 2.24) is 0 Å². The molecule has 0 atom stereocenters. The van der Waals surface area contributed by atoms with Gasteiger partial charge in [0.15, 0.2) is 5.78 Å². The fourth-order valence-electron chi connectivity index (χ4n) is 2.81. The van der Waals surface area contributed by atoms with Gasteiger partial charge in [0.1, 0.15) is 20.2 Å². The molecule has 0 fully saturated rings. The van der Waals surface area contributed by atoms with Crippen LogP contribution in [0.2, 0.25) is 0 Å². The number of carbonyl (C=O) groups is 1. The Morgan fingerprint density at radius 3 is 1.25 bits per heavy atom. The van der Waals surface area contributed by atoms with Crippen molar-refractivity contribution in [2.45, 2.75) is 9.79 Å². The molecule has 0 saturated heterocycles. The molecule has 0 amide bonds. The number of carbonyl (C=O) groups excluding carboxylic acids is 1. The zero-order chi connectivity index (χ0) is 21.2. The molecule has 0 radical (unpaired) electrons. The number of ketones is 1. The molecular formula is C13H4N2O11S2-2. The zero-order valence-electron chi connectivity index (χ0n) is 13.0. The molecule has 2 aromatic carbocycles. The standard InChI is InChI=1S/C13H6N2O11S2/c16-13-7-1-5(27(21,22)23)3-9(14(17)18)11(7)12-8(13)2-6(28(24,25)26)4-10(12)15(19)20/h1-4H,(H,21,22,23)(H,24,25,26)/p-2. The summed E-state index contributed by atoms with van der Waals surface area (Å²) in [5, 5.41) is 22.7. The van der Waals surface area contributed by atoms with Gasteiger partial charge >= 0.3 is 0 Å². The highest BCUT2D eigenvalue weighted by molar-refractivity contribution is 7.86. The second-order valence-electron chi connectivity index (χ2n) is 5.48. The third-order valence-corrected chi connectivity index (χ3v) is 5.52. The monoisotopic (exact) mass is 428 g/mol. The van der Waals surface area contributed by atoms with Crippen LogP contribution in [0.1, 0.15) is 15.9 Å². The predicted molar refractivity (Wildman–Crippen MR) is 84.5 cm³/mol. The molecule has 0 heterocycles. The number of nitrogens with zero attached hydrogens (tertiary/aromatic N) is 2. The van der Waals surface area contributed by atoms with Gasteiger partial charge in [0.25, 0.3) is 11.4 Å².